The second-order valence-corrected chi connectivity index (χ2v) is 3.29. The van der Waals surface area contributed by atoms with Crippen LogP contribution in [0.5, 0.6) is 0 Å². The third-order valence-electron chi connectivity index (χ3n) is 2.05. The van der Waals surface area contributed by atoms with Gasteiger partial charge in [0.15, 0.2) is 6.10 Å². The highest BCUT2D eigenvalue weighted by atomic mass is 16.4. The van der Waals surface area contributed by atoms with Crippen molar-refractivity contribution in [2.24, 2.45) is 0 Å². The summed E-state index contributed by atoms with van der Waals surface area (Å²) in [5.74, 6) is -0.849. The number of carbonyl (C=O) groups is 1. The molecule has 1 rings (SSSR count). The van der Waals surface area contributed by atoms with Gasteiger partial charge in [0.25, 0.3) is 0 Å². The third kappa shape index (κ3) is 3.03. The molecule has 0 aliphatic carbocycles. The molecule has 0 radical (unpaired) electrons. The van der Waals surface area contributed by atoms with Crippen LogP contribution in [0.15, 0.2) is 0 Å². The minimum atomic E-state index is -1.45. The molecule has 6 nitrogen and oxygen atoms in total. The average molecular weight is 214 g/mol. The smallest absolute Gasteiger partial charge is 0.332 e. The molecule has 1 unspecified atom stereocenters. The van der Waals surface area contributed by atoms with E-state index in [0.717, 1.165) is 5.69 Å². The van der Waals surface area contributed by atoms with Gasteiger partial charge in [0.2, 0.25) is 0 Å². The summed E-state index contributed by atoms with van der Waals surface area (Å²) >= 11 is 0. The van der Waals surface area contributed by atoms with Crippen molar-refractivity contribution >= 4 is 5.97 Å². The van der Waals surface area contributed by atoms with Crippen molar-refractivity contribution in [3.05, 3.63) is 17.2 Å². The minimum absolute atomic E-state index is 0.00732. The zero-order valence-electron chi connectivity index (χ0n) is 8.40. The van der Waals surface area contributed by atoms with Gasteiger partial charge in [-0.1, -0.05) is 0 Å². The summed E-state index contributed by atoms with van der Waals surface area (Å²) in [5, 5.41) is 26.3. The minimum Gasteiger partial charge on any atom is -0.479 e. The Bertz CT molecular complexity index is 348. The maximum Gasteiger partial charge on any atom is 0.332 e. The zero-order chi connectivity index (χ0) is 11.4. The van der Waals surface area contributed by atoms with Crippen molar-refractivity contribution < 1.29 is 20.1 Å². The number of aryl methyl sites for hydroxylation is 1. The molecule has 6 heteroatoms. The summed E-state index contributed by atoms with van der Waals surface area (Å²) < 4.78 is 0. The van der Waals surface area contributed by atoms with E-state index in [1.165, 1.54) is 0 Å². The van der Waals surface area contributed by atoms with E-state index in [2.05, 4.69) is 9.97 Å². The van der Waals surface area contributed by atoms with Crippen LogP contribution in [0.4, 0.5) is 0 Å². The molecule has 1 aromatic rings. The summed E-state index contributed by atoms with van der Waals surface area (Å²) in [6.07, 6.45) is -1.08. The Morgan fingerprint density at radius 1 is 1.60 bits per heavy atom. The monoisotopic (exact) mass is 214 g/mol. The lowest BCUT2D eigenvalue weighted by Crippen LogP contribution is -2.22. The molecule has 1 aromatic heterocycles. The molecule has 1 atom stereocenters. The first-order chi connectivity index (χ1) is 7.04. The number of aromatic amines is 1. The molecular weight excluding hydrogens is 200 g/mol. The van der Waals surface area contributed by atoms with E-state index < -0.39 is 12.1 Å². The van der Waals surface area contributed by atoms with Crippen molar-refractivity contribution in [1.29, 1.82) is 0 Å². The van der Waals surface area contributed by atoms with Crippen LogP contribution in [0.1, 0.15) is 17.2 Å². The van der Waals surface area contributed by atoms with Gasteiger partial charge in [-0.2, -0.15) is 0 Å². The lowest BCUT2D eigenvalue weighted by atomic mass is 10.2. The summed E-state index contributed by atoms with van der Waals surface area (Å²) in [7, 11) is 0. The second kappa shape index (κ2) is 4.90. The summed E-state index contributed by atoms with van der Waals surface area (Å²) in [4.78, 5) is 17.3. The quantitative estimate of drug-likeness (QED) is 0.515. The van der Waals surface area contributed by atoms with Crippen molar-refractivity contribution in [2.45, 2.75) is 25.9 Å². The molecule has 4 N–H and O–H groups in total. The summed E-state index contributed by atoms with van der Waals surface area (Å²) in [5.41, 5.74) is 1.49. The molecule has 0 amide bonds. The Balaban J connectivity index is 2.70. The van der Waals surface area contributed by atoms with E-state index in [-0.39, 0.29) is 13.0 Å². The molecular formula is C9H14N2O4. The van der Waals surface area contributed by atoms with Gasteiger partial charge in [0, 0.05) is 25.1 Å². The van der Waals surface area contributed by atoms with Crippen LogP contribution in [0.2, 0.25) is 0 Å². The van der Waals surface area contributed by atoms with Gasteiger partial charge in [-0.3, -0.25) is 0 Å². The molecule has 84 valence electrons. The van der Waals surface area contributed by atoms with Crippen LogP contribution < -0.4 is 0 Å². The van der Waals surface area contributed by atoms with Gasteiger partial charge >= 0.3 is 5.97 Å². The van der Waals surface area contributed by atoms with Crippen LogP contribution in [0.3, 0.4) is 0 Å². The maximum atomic E-state index is 10.4. The highest BCUT2D eigenvalue weighted by Gasteiger charge is 2.16. The van der Waals surface area contributed by atoms with Crippen molar-refractivity contribution in [3.8, 4) is 0 Å². The van der Waals surface area contributed by atoms with Gasteiger partial charge in [0.05, 0.1) is 5.69 Å². The molecule has 0 aromatic carbocycles. The Labute approximate surface area is 86.6 Å². The molecule has 1 heterocycles. The van der Waals surface area contributed by atoms with E-state index in [9.17, 15) is 4.79 Å². The first-order valence-electron chi connectivity index (χ1n) is 4.60. The van der Waals surface area contributed by atoms with Gasteiger partial charge in [-0.25, -0.2) is 9.78 Å². The third-order valence-corrected chi connectivity index (χ3v) is 2.05. The standard InChI is InChI=1S/C9H14N2O4/c1-5-6(2-3-12)11-8(10-5)4-7(13)9(14)15/h7,12-13H,2-4H2,1H3,(H,10,11)(H,14,15). The molecule has 0 fully saturated rings. The van der Waals surface area contributed by atoms with Gasteiger partial charge in [0.1, 0.15) is 5.82 Å². The average Bonchev–Trinajstić information content (AvgIpc) is 2.47. The predicted molar refractivity (Wildman–Crippen MR) is 51.5 cm³/mol. The Morgan fingerprint density at radius 3 is 2.80 bits per heavy atom. The first-order valence-corrected chi connectivity index (χ1v) is 4.60. The van der Waals surface area contributed by atoms with Gasteiger partial charge in [-0.05, 0) is 6.92 Å². The van der Waals surface area contributed by atoms with Crippen LogP contribution in [-0.2, 0) is 17.6 Å². The summed E-state index contributed by atoms with van der Waals surface area (Å²) in [6, 6.07) is 0. The maximum absolute atomic E-state index is 10.4. The number of hydrogen-bond donors (Lipinski definition) is 4. The van der Waals surface area contributed by atoms with Gasteiger partial charge in [-0.15, -0.1) is 0 Å². The second-order valence-electron chi connectivity index (χ2n) is 3.29. The van der Waals surface area contributed by atoms with Gasteiger partial charge < -0.3 is 20.3 Å². The van der Waals surface area contributed by atoms with E-state index in [1.807, 2.05) is 0 Å². The van der Waals surface area contributed by atoms with Crippen LogP contribution >= 0.6 is 0 Å². The van der Waals surface area contributed by atoms with Crippen molar-refractivity contribution in [3.63, 3.8) is 0 Å². The number of imidazole rings is 1. The number of aliphatic hydroxyl groups is 2. The Morgan fingerprint density at radius 2 is 2.27 bits per heavy atom. The molecule has 0 bridgehead atoms. The number of carboxylic acid groups (broad SMARTS) is 1. The Kier molecular flexibility index (Phi) is 3.81. The SMILES string of the molecule is Cc1[nH]c(CC(O)C(=O)O)nc1CCO. The molecule has 0 saturated carbocycles. The predicted octanol–water partition coefficient (Wildman–Crippen LogP) is -0.759. The zero-order valence-corrected chi connectivity index (χ0v) is 8.40. The largest absolute Gasteiger partial charge is 0.479 e. The number of nitrogens with zero attached hydrogens (tertiary/aromatic N) is 1. The fraction of sp³-hybridized carbons (Fsp3) is 0.556. The number of aliphatic hydroxyl groups excluding tert-OH is 2. The number of nitrogens with one attached hydrogen (secondary N) is 1. The van der Waals surface area contributed by atoms with E-state index in [0.29, 0.717) is 17.9 Å². The van der Waals surface area contributed by atoms with Crippen LogP contribution in [-0.4, -0.2) is 44.0 Å². The molecule has 0 aliphatic heterocycles. The molecule has 0 aliphatic rings. The van der Waals surface area contributed by atoms with E-state index >= 15 is 0 Å². The Hall–Kier alpha value is -1.40. The fourth-order valence-electron chi connectivity index (χ4n) is 1.28. The van der Waals surface area contributed by atoms with E-state index in [4.69, 9.17) is 15.3 Å². The number of rotatable bonds is 5. The highest BCUT2D eigenvalue weighted by molar-refractivity contribution is 5.72. The van der Waals surface area contributed by atoms with Crippen LogP contribution in [0.25, 0.3) is 0 Å². The normalized spacial score (nSPS) is 12.7. The number of H-pyrrole nitrogens is 1. The highest BCUT2D eigenvalue weighted by Crippen LogP contribution is 2.07. The number of aliphatic carboxylic acids is 1. The molecule has 0 spiro atoms. The molecule has 15 heavy (non-hydrogen) atoms. The van der Waals surface area contributed by atoms with Crippen LogP contribution in [0, 0.1) is 6.92 Å². The molecule has 0 saturated heterocycles. The summed E-state index contributed by atoms with van der Waals surface area (Å²) in [6.45, 7) is 1.78. The topological polar surface area (TPSA) is 106 Å². The lowest BCUT2D eigenvalue weighted by molar-refractivity contribution is -0.146. The van der Waals surface area contributed by atoms with Crippen molar-refractivity contribution in [1.82, 2.24) is 9.97 Å². The fourth-order valence-corrected chi connectivity index (χ4v) is 1.28. The number of aromatic nitrogens is 2. The van der Waals surface area contributed by atoms with Crippen molar-refractivity contribution in [2.75, 3.05) is 6.61 Å². The lowest BCUT2D eigenvalue weighted by Gasteiger charge is -2.01. The first kappa shape index (κ1) is 11.7. The van der Waals surface area contributed by atoms with E-state index in [1.54, 1.807) is 6.92 Å². The number of hydrogen-bond acceptors (Lipinski definition) is 4. The number of carboxylic acids is 1.